The standard InChI is InChI=1S/C32H35N3O5/c1-21(2)40-32(38)31(33)28-20-27(15-13-25(28)14-16-30(36)37)39-18-17-35-22(3)19-29(34-35)26-11-9-24(10-12-26)23-7-5-4-6-8-23/h4-13,15,19-21,31H,14,16-18,33H2,1-3H3,(H,36,37). The van der Waals surface area contributed by atoms with E-state index < -0.39 is 18.0 Å². The van der Waals surface area contributed by atoms with Gasteiger partial charge in [0.2, 0.25) is 0 Å². The van der Waals surface area contributed by atoms with Gasteiger partial charge >= 0.3 is 11.9 Å². The molecule has 0 saturated carbocycles. The molecule has 3 aromatic carbocycles. The number of carboxylic acid groups (broad SMARTS) is 1. The summed E-state index contributed by atoms with van der Waals surface area (Å²) in [5.74, 6) is -0.964. The van der Waals surface area contributed by atoms with Gasteiger partial charge in [0.15, 0.2) is 0 Å². The lowest BCUT2D eigenvalue weighted by Gasteiger charge is -2.18. The number of carbonyl (C=O) groups excluding carboxylic acids is 1. The van der Waals surface area contributed by atoms with Crippen LogP contribution in [0.5, 0.6) is 5.75 Å². The predicted molar refractivity (Wildman–Crippen MR) is 154 cm³/mol. The van der Waals surface area contributed by atoms with E-state index in [-0.39, 0.29) is 18.9 Å². The first-order valence-electron chi connectivity index (χ1n) is 13.3. The largest absolute Gasteiger partial charge is 0.492 e. The van der Waals surface area contributed by atoms with Crippen LogP contribution in [0.3, 0.4) is 0 Å². The predicted octanol–water partition coefficient (Wildman–Crippen LogP) is 5.57. The van der Waals surface area contributed by atoms with Crippen molar-refractivity contribution in [1.29, 1.82) is 0 Å². The lowest BCUT2D eigenvalue weighted by molar-refractivity contribution is -0.149. The number of nitrogens with two attached hydrogens (primary N) is 1. The number of hydrogen-bond donors (Lipinski definition) is 2. The maximum Gasteiger partial charge on any atom is 0.327 e. The summed E-state index contributed by atoms with van der Waals surface area (Å²) in [5, 5.41) is 13.9. The first-order valence-corrected chi connectivity index (χ1v) is 13.3. The van der Waals surface area contributed by atoms with Crippen molar-refractivity contribution in [1.82, 2.24) is 9.78 Å². The Morgan fingerprint density at radius 3 is 2.30 bits per heavy atom. The molecular weight excluding hydrogens is 506 g/mol. The number of aromatic nitrogens is 2. The Bertz CT molecular complexity index is 1450. The Kier molecular flexibility index (Phi) is 9.35. The van der Waals surface area contributed by atoms with Crippen LogP contribution in [0, 0.1) is 6.92 Å². The van der Waals surface area contributed by atoms with Gasteiger partial charge in [0, 0.05) is 17.7 Å². The van der Waals surface area contributed by atoms with Crippen LogP contribution in [0.4, 0.5) is 0 Å². The number of aliphatic carboxylic acids is 1. The second kappa shape index (κ2) is 13.1. The third kappa shape index (κ3) is 7.36. The molecule has 0 aliphatic carbocycles. The highest BCUT2D eigenvalue weighted by molar-refractivity contribution is 5.78. The fourth-order valence-electron chi connectivity index (χ4n) is 4.45. The zero-order chi connectivity index (χ0) is 28.6. The number of ether oxygens (including phenoxy) is 2. The van der Waals surface area contributed by atoms with Crippen molar-refractivity contribution in [2.24, 2.45) is 5.73 Å². The summed E-state index contributed by atoms with van der Waals surface area (Å²) in [6.45, 7) is 6.36. The first-order chi connectivity index (χ1) is 19.2. The molecule has 1 atom stereocenters. The normalized spacial score (nSPS) is 11.8. The molecule has 3 N–H and O–H groups in total. The van der Waals surface area contributed by atoms with Gasteiger partial charge in [0.1, 0.15) is 18.4 Å². The second-order valence-corrected chi connectivity index (χ2v) is 9.90. The van der Waals surface area contributed by atoms with Crippen molar-refractivity contribution in [2.45, 2.75) is 52.3 Å². The average molecular weight is 542 g/mol. The Labute approximate surface area is 234 Å². The number of rotatable bonds is 12. The quantitative estimate of drug-likeness (QED) is 0.225. The molecule has 0 radical (unpaired) electrons. The Morgan fingerprint density at radius 2 is 1.62 bits per heavy atom. The molecule has 8 nitrogen and oxygen atoms in total. The van der Waals surface area contributed by atoms with E-state index in [0.717, 1.165) is 22.5 Å². The van der Waals surface area contributed by atoms with E-state index in [1.165, 1.54) is 5.56 Å². The zero-order valence-electron chi connectivity index (χ0n) is 23.0. The van der Waals surface area contributed by atoms with Gasteiger partial charge in [-0.25, -0.2) is 4.79 Å². The molecule has 0 saturated heterocycles. The highest BCUT2D eigenvalue weighted by Crippen LogP contribution is 2.27. The first kappa shape index (κ1) is 28.6. The Balaban J connectivity index is 1.43. The van der Waals surface area contributed by atoms with Crippen LogP contribution < -0.4 is 10.5 Å². The number of carboxylic acids is 1. The van der Waals surface area contributed by atoms with Crippen molar-refractivity contribution in [2.75, 3.05) is 6.61 Å². The monoisotopic (exact) mass is 541 g/mol. The summed E-state index contributed by atoms with van der Waals surface area (Å²) < 4.78 is 13.2. The van der Waals surface area contributed by atoms with Gasteiger partial charge in [-0.05, 0) is 67.6 Å². The molecule has 0 bridgehead atoms. The van der Waals surface area contributed by atoms with E-state index in [1.54, 1.807) is 32.0 Å². The summed E-state index contributed by atoms with van der Waals surface area (Å²) in [5.41, 5.74) is 12.6. The van der Waals surface area contributed by atoms with Crippen molar-refractivity contribution >= 4 is 11.9 Å². The summed E-state index contributed by atoms with van der Waals surface area (Å²) >= 11 is 0. The number of benzene rings is 3. The molecule has 1 heterocycles. The minimum atomic E-state index is -1.04. The lowest BCUT2D eigenvalue weighted by Crippen LogP contribution is -2.27. The average Bonchev–Trinajstić information content (AvgIpc) is 3.32. The number of hydrogen-bond acceptors (Lipinski definition) is 6. The Morgan fingerprint density at radius 1 is 0.950 bits per heavy atom. The smallest absolute Gasteiger partial charge is 0.327 e. The van der Waals surface area contributed by atoms with Crippen molar-refractivity contribution in [3.63, 3.8) is 0 Å². The van der Waals surface area contributed by atoms with Gasteiger partial charge in [-0.2, -0.15) is 5.10 Å². The van der Waals surface area contributed by atoms with Crippen molar-refractivity contribution < 1.29 is 24.2 Å². The highest BCUT2D eigenvalue weighted by Gasteiger charge is 2.22. The fraction of sp³-hybridized carbons (Fsp3) is 0.281. The van der Waals surface area contributed by atoms with Gasteiger partial charge in [0.25, 0.3) is 0 Å². The minimum absolute atomic E-state index is 0.0744. The summed E-state index contributed by atoms with van der Waals surface area (Å²) in [6.07, 6.45) is -0.144. The number of nitrogens with zero attached hydrogens (tertiary/aromatic N) is 2. The topological polar surface area (TPSA) is 117 Å². The molecule has 1 aromatic heterocycles. The third-order valence-electron chi connectivity index (χ3n) is 6.51. The molecule has 0 fully saturated rings. The summed E-state index contributed by atoms with van der Waals surface area (Å²) in [6, 6.07) is 24.8. The number of aryl methyl sites for hydroxylation is 2. The van der Waals surface area contributed by atoms with Crippen LogP contribution in [0.25, 0.3) is 22.4 Å². The molecule has 0 spiro atoms. The molecule has 0 aliphatic heterocycles. The molecule has 4 aromatic rings. The van der Waals surface area contributed by atoms with E-state index in [4.69, 9.17) is 25.4 Å². The van der Waals surface area contributed by atoms with E-state index in [0.29, 0.717) is 30.0 Å². The van der Waals surface area contributed by atoms with Crippen molar-refractivity contribution in [3.05, 3.63) is 95.7 Å². The van der Waals surface area contributed by atoms with Gasteiger partial charge in [-0.1, -0.05) is 60.7 Å². The van der Waals surface area contributed by atoms with Crippen LogP contribution in [0.15, 0.2) is 78.9 Å². The van der Waals surface area contributed by atoms with E-state index in [2.05, 4.69) is 36.4 Å². The zero-order valence-corrected chi connectivity index (χ0v) is 23.0. The molecule has 208 valence electrons. The van der Waals surface area contributed by atoms with Gasteiger partial charge in [0.05, 0.1) is 18.3 Å². The van der Waals surface area contributed by atoms with E-state index in [9.17, 15) is 9.59 Å². The molecule has 0 amide bonds. The van der Waals surface area contributed by atoms with Gasteiger partial charge in [-0.3, -0.25) is 9.48 Å². The molecule has 8 heteroatoms. The van der Waals surface area contributed by atoms with Crippen LogP contribution in [-0.4, -0.2) is 39.5 Å². The number of esters is 1. The number of carbonyl (C=O) groups is 2. The van der Waals surface area contributed by atoms with Crippen molar-refractivity contribution in [3.8, 4) is 28.1 Å². The third-order valence-corrected chi connectivity index (χ3v) is 6.51. The fourth-order valence-corrected chi connectivity index (χ4v) is 4.45. The molecule has 0 aliphatic rings. The Hall–Kier alpha value is -4.43. The van der Waals surface area contributed by atoms with Crippen LogP contribution >= 0.6 is 0 Å². The van der Waals surface area contributed by atoms with Gasteiger partial charge in [-0.15, -0.1) is 0 Å². The van der Waals surface area contributed by atoms with E-state index >= 15 is 0 Å². The summed E-state index contributed by atoms with van der Waals surface area (Å²) in [4.78, 5) is 23.6. The molecule has 40 heavy (non-hydrogen) atoms. The molecular formula is C32H35N3O5. The van der Waals surface area contributed by atoms with Crippen LogP contribution in [0.1, 0.15) is 43.1 Å². The SMILES string of the molecule is Cc1cc(-c2ccc(-c3ccccc3)cc2)nn1CCOc1ccc(CCC(=O)O)c(C(N)C(=O)OC(C)C)c1. The van der Waals surface area contributed by atoms with Crippen LogP contribution in [0.2, 0.25) is 0 Å². The summed E-state index contributed by atoms with van der Waals surface area (Å²) in [7, 11) is 0. The maximum atomic E-state index is 12.5. The molecule has 1 unspecified atom stereocenters. The second-order valence-electron chi connectivity index (χ2n) is 9.90. The minimum Gasteiger partial charge on any atom is -0.492 e. The lowest BCUT2D eigenvalue weighted by atomic mass is 9.97. The highest BCUT2D eigenvalue weighted by atomic mass is 16.5. The van der Waals surface area contributed by atoms with Gasteiger partial charge < -0.3 is 20.3 Å². The maximum absolute atomic E-state index is 12.5. The van der Waals surface area contributed by atoms with E-state index in [1.807, 2.05) is 35.9 Å². The van der Waals surface area contributed by atoms with Crippen LogP contribution in [-0.2, 0) is 27.3 Å². The molecule has 4 rings (SSSR count).